The lowest BCUT2D eigenvalue weighted by Crippen LogP contribution is -2.05. The first kappa shape index (κ1) is 14.5. The van der Waals surface area contributed by atoms with E-state index in [1.165, 1.54) is 18.2 Å². The summed E-state index contributed by atoms with van der Waals surface area (Å²) in [7, 11) is 0. The van der Waals surface area contributed by atoms with Crippen molar-refractivity contribution >= 4 is 33.3 Å². The highest BCUT2D eigenvalue weighted by Gasteiger charge is 2.20. The van der Waals surface area contributed by atoms with Crippen molar-refractivity contribution in [1.29, 1.82) is 0 Å². The lowest BCUT2D eigenvalue weighted by atomic mass is 10.00. The third-order valence-electron chi connectivity index (χ3n) is 3.42. The molecule has 0 aromatic heterocycles. The van der Waals surface area contributed by atoms with Crippen LogP contribution in [0.4, 0.5) is 4.39 Å². The molecule has 108 valence electrons. The Bertz CT molecular complexity index is 730. The van der Waals surface area contributed by atoms with Gasteiger partial charge in [-0.15, -0.1) is 0 Å². The van der Waals surface area contributed by atoms with E-state index in [0.717, 1.165) is 27.8 Å². The largest absolute Gasteiger partial charge is 0.493 e. The molecule has 0 atom stereocenters. The van der Waals surface area contributed by atoms with E-state index in [-0.39, 0.29) is 17.2 Å². The molecular formula is C16H11BrClFO2. The van der Waals surface area contributed by atoms with Crippen LogP contribution in [0.5, 0.6) is 5.75 Å². The molecule has 0 N–H and O–H groups in total. The monoisotopic (exact) mass is 368 g/mol. The van der Waals surface area contributed by atoms with Gasteiger partial charge in [0.2, 0.25) is 0 Å². The highest BCUT2D eigenvalue weighted by Crippen LogP contribution is 2.33. The number of hydrogen-bond acceptors (Lipinski definition) is 2. The van der Waals surface area contributed by atoms with Crippen LogP contribution in [0.3, 0.4) is 0 Å². The van der Waals surface area contributed by atoms with E-state index in [1.54, 1.807) is 0 Å². The molecule has 0 bridgehead atoms. The number of benzene rings is 2. The number of fused-ring (bicyclic) bond motifs is 1. The molecule has 3 rings (SSSR count). The molecule has 0 aliphatic carbocycles. The predicted molar refractivity (Wildman–Crippen MR) is 82.8 cm³/mol. The van der Waals surface area contributed by atoms with Crippen molar-refractivity contribution in [2.75, 3.05) is 6.61 Å². The van der Waals surface area contributed by atoms with Crippen molar-refractivity contribution in [3.63, 3.8) is 0 Å². The minimum Gasteiger partial charge on any atom is -0.493 e. The van der Waals surface area contributed by atoms with Gasteiger partial charge in [0, 0.05) is 28.4 Å². The zero-order valence-electron chi connectivity index (χ0n) is 11.0. The molecule has 0 radical (unpaired) electrons. The Morgan fingerprint density at radius 2 is 2.14 bits per heavy atom. The van der Waals surface area contributed by atoms with E-state index in [0.29, 0.717) is 12.2 Å². The minimum absolute atomic E-state index is 0.0448. The minimum atomic E-state index is -0.528. The molecule has 1 aliphatic heterocycles. The second kappa shape index (κ2) is 5.78. The molecule has 0 saturated carbocycles. The zero-order valence-corrected chi connectivity index (χ0v) is 13.3. The summed E-state index contributed by atoms with van der Waals surface area (Å²) in [6.07, 6.45) is 1.04. The maximum absolute atomic E-state index is 13.2. The van der Waals surface area contributed by atoms with Gasteiger partial charge < -0.3 is 4.74 Å². The van der Waals surface area contributed by atoms with Gasteiger partial charge in [-0.3, -0.25) is 4.79 Å². The van der Waals surface area contributed by atoms with Crippen molar-refractivity contribution in [3.05, 3.63) is 62.3 Å². The highest BCUT2D eigenvalue weighted by atomic mass is 79.9. The van der Waals surface area contributed by atoms with Crippen molar-refractivity contribution in [2.24, 2.45) is 0 Å². The van der Waals surface area contributed by atoms with Crippen LogP contribution in [0.2, 0.25) is 5.02 Å². The quantitative estimate of drug-likeness (QED) is 0.739. The van der Waals surface area contributed by atoms with Gasteiger partial charge in [-0.2, -0.15) is 0 Å². The van der Waals surface area contributed by atoms with Crippen molar-refractivity contribution < 1.29 is 13.9 Å². The van der Waals surface area contributed by atoms with E-state index in [9.17, 15) is 9.18 Å². The second-order valence-electron chi connectivity index (χ2n) is 4.88. The molecule has 0 unspecified atom stereocenters. The molecule has 1 aliphatic rings. The highest BCUT2D eigenvalue weighted by molar-refractivity contribution is 9.10. The first-order chi connectivity index (χ1) is 10.0. The molecule has 5 heteroatoms. The van der Waals surface area contributed by atoms with Gasteiger partial charge in [-0.1, -0.05) is 27.5 Å². The van der Waals surface area contributed by atoms with Crippen molar-refractivity contribution in [3.8, 4) is 5.75 Å². The van der Waals surface area contributed by atoms with Crippen LogP contribution < -0.4 is 4.74 Å². The molecule has 0 amide bonds. The van der Waals surface area contributed by atoms with Crippen molar-refractivity contribution in [2.45, 2.75) is 12.8 Å². The van der Waals surface area contributed by atoms with Gasteiger partial charge in [0.25, 0.3) is 0 Å². The Kier molecular flexibility index (Phi) is 4.00. The summed E-state index contributed by atoms with van der Waals surface area (Å²) in [5, 5.41) is -0.0448. The maximum atomic E-state index is 13.2. The van der Waals surface area contributed by atoms with Crippen LogP contribution in [0.25, 0.3) is 0 Å². The number of carbonyl (C=O) groups excluding carboxylic acids is 1. The van der Waals surface area contributed by atoms with E-state index in [1.807, 2.05) is 12.1 Å². The number of rotatable bonds is 3. The average molecular weight is 370 g/mol. The molecule has 2 aromatic carbocycles. The maximum Gasteiger partial charge on any atom is 0.167 e. The molecule has 0 spiro atoms. The Hall–Kier alpha value is -1.39. The number of carbonyl (C=O) groups is 1. The second-order valence-corrected chi connectivity index (χ2v) is 6.20. The SMILES string of the molecule is O=C(Cc1cc(Br)cc2c1OCC2)c1ccc(F)c(Cl)c1. The summed E-state index contributed by atoms with van der Waals surface area (Å²) < 4.78 is 19.7. The van der Waals surface area contributed by atoms with Gasteiger partial charge in [0.05, 0.1) is 11.6 Å². The first-order valence-electron chi connectivity index (χ1n) is 6.47. The average Bonchev–Trinajstić information content (AvgIpc) is 2.90. The molecule has 0 fully saturated rings. The van der Waals surface area contributed by atoms with E-state index in [4.69, 9.17) is 16.3 Å². The van der Waals surface area contributed by atoms with Crippen LogP contribution in [-0.4, -0.2) is 12.4 Å². The Morgan fingerprint density at radius 3 is 2.90 bits per heavy atom. The Labute approximate surface area is 135 Å². The number of Topliss-reactive ketones (excluding diaryl/α,β-unsaturated/α-hetero) is 1. The van der Waals surface area contributed by atoms with Crippen LogP contribution >= 0.6 is 27.5 Å². The van der Waals surface area contributed by atoms with E-state index in [2.05, 4.69) is 15.9 Å². The van der Waals surface area contributed by atoms with Gasteiger partial charge in [-0.05, 0) is 35.9 Å². The fourth-order valence-corrected chi connectivity index (χ4v) is 3.16. The number of ether oxygens (including phenoxy) is 1. The van der Waals surface area contributed by atoms with E-state index < -0.39 is 5.82 Å². The third-order valence-corrected chi connectivity index (χ3v) is 4.17. The lowest BCUT2D eigenvalue weighted by molar-refractivity contribution is 0.0992. The number of hydrogen-bond donors (Lipinski definition) is 0. The summed E-state index contributed by atoms with van der Waals surface area (Å²) in [6.45, 7) is 0.634. The topological polar surface area (TPSA) is 26.3 Å². The molecular weight excluding hydrogens is 359 g/mol. The zero-order chi connectivity index (χ0) is 15.0. The lowest BCUT2D eigenvalue weighted by Gasteiger charge is -2.09. The van der Waals surface area contributed by atoms with E-state index >= 15 is 0 Å². The third kappa shape index (κ3) is 2.97. The first-order valence-corrected chi connectivity index (χ1v) is 7.64. The standard InChI is InChI=1S/C16H11BrClFO2/c17-12-5-10-3-4-21-16(10)11(6-12)8-15(20)9-1-2-14(19)13(18)7-9/h1-2,5-7H,3-4,8H2. The van der Waals surface area contributed by atoms with Crippen molar-refractivity contribution in [1.82, 2.24) is 0 Å². The van der Waals surface area contributed by atoms with Crippen LogP contribution in [-0.2, 0) is 12.8 Å². The van der Waals surface area contributed by atoms with Crippen LogP contribution in [0.1, 0.15) is 21.5 Å². The molecule has 0 saturated heterocycles. The molecule has 21 heavy (non-hydrogen) atoms. The Morgan fingerprint density at radius 1 is 1.33 bits per heavy atom. The molecule has 1 heterocycles. The normalized spacial score (nSPS) is 12.9. The van der Waals surface area contributed by atoms with Gasteiger partial charge >= 0.3 is 0 Å². The summed E-state index contributed by atoms with van der Waals surface area (Å²) in [5.41, 5.74) is 2.33. The van der Waals surface area contributed by atoms with Crippen LogP contribution in [0, 0.1) is 5.82 Å². The fraction of sp³-hybridized carbons (Fsp3) is 0.188. The summed E-state index contributed by atoms with van der Waals surface area (Å²) in [5.74, 6) is 0.146. The molecule has 2 nitrogen and oxygen atoms in total. The number of halogens is 3. The summed E-state index contributed by atoms with van der Waals surface area (Å²) >= 11 is 9.17. The van der Waals surface area contributed by atoms with Crippen LogP contribution in [0.15, 0.2) is 34.8 Å². The van der Waals surface area contributed by atoms with Gasteiger partial charge in [0.1, 0.15) is 11.6 Å². The number of ketones is 1. The predicted octanol–water partition coefficient (Wildman–Crippen LogP) is 4.60. The smallest absolute Gasteiger partial charge is 0.167 e. The van der Waals surface area contributed by atoms with Gasteiger partial charge in [0.15, 0.2) is 5.78 Å². The summed E-state index contributed by atoms with van der Waals surface area (Å²) in [6, 6.07) is 7.90. The fourth-order valence-electron chi connectivity index (χ4n) is 2.42. The van der Waals surface area contributed by atoms with Gasteiger partial charge in [-0.25, -0.2) is 4.39 Å². The molecule has 2 aromatic rings. The Balaban J connectivity index is 1.90. The summed E-state index contributed by atoms with van der Waals surface area (Å²) in [4.78, 5) is 12.3.